The normalized spacial score (nSPS) is 24.6. The molecular weight excluding hydrogens is 244 g/mol. The molecule has 120 valence electrons. The molecule has 2 heteroatoms. The smallest absolute Gasteiger partial charge is 0.00967 e. The molecule has 0 aromatic carbocycles. The second-order valence-corrected chi connectivity index (χ2v) is 8.19. The fourth-order valence-electron chi connectivity index (χ4n) is 3.53. The van der Waals surface area contributed by atoms with E-state index in [-0.39, 0.29) is 5.54 Å². The molecule has 0 spiro atoms. The topological polar surface area (TPSA) is 15.3 Å². The number of piperidine rings is 1. The predicted molar refractivity (Wildman–Crippen MR) is 90.3 cm³/mol. The van der Waals surface area contributed by atoms with Gasteiger partial charge in [0.1, 0.15) is 0 Å². The highest BCUT2D eigenvalue weighted by Crippen LogP contribution is 2.29. The molecule has 0 aromatic heterocycles. The van der Waals surface area contributed by atoms with Gasteiger partial charge >= 0.3 is 0 Å². The van der Waals surface area contributed by atoms with E-state index in [1.54, 1.807) is 0 Å². The minimum Gasteiger partial charge on any atom is -0.311 e. The van der Waals surface area contributed by atoms with Crippen molar-refractivity contribution in [1.29, 1.82) is 0 Å². The van der Waals surface area contributed by atoms with Crippen molar-refractivity contribution >= 4 is 0 Å². The highest BCUT2D eigenvalue weighted by Gasteiger charge is 2.31. The average molecular weight is 283 g/mol. The number of nitrogens with one attached hydrogen (secondary N) is 1. The van der Waals surface area contributed by atoms with Crippen molar-refractivity contribution < 1.29 is 0 Å². The van der Waals surface area contributed by atoms with Crippen molar-refractivity contribution in [2.24, 2.45) is 5.41 Å². The third-order valence-electron chi connectivity index (χ3n) is 4.70. The summed E-state index contributed by atoms with van der Waals surface area (Å²) in [5.41, 5.74) is 0.633. The van der Waals surface area contributed by atoms with Gasteiger partial charge in [-0.15, -0.1) is 0 Å². The van der Waals surface area contributed by atoms with Crippen LogP contribution in [0.5, 0.6) is 0 Å². The number of rotatable bonds is 7. The van der Waals surface area contributed by atoms with E-state index < -0.39 is 0 Å². The molecule has 0 radical (unpaired) electrons. The van der Waals surface area contributed by atoms with Gasteiger partial charge in [-0.05, 0) is 58.4 Å². The molecule has 0 amide bonds. The lowest BCUT2D eigenvalue weighted by atomic mass is 9.82. The molecule has 0 aliphatic carbocycles. The first-order chi connectivity index (χ1) is 9.29. The third kappa shape index (κ3) is 6.13. The summed E-state index contributed by atoms with van der Waals surface area (Å²) in [5.74, 6) is 0. The van der Waals surface area contributed by atoms with Gasteiger partial charge < -0.3 is 5.32 Å². The molecule has 0 bridgehead atoms. The van der Waals surface area contributed by atoms with Gasteiger partial charge in [0, 0.05) is 24.7 Å². The van der Waals surface area contributed by atoms with Crippen LogP contribution in [0.15, 0.2) is 0 Å². The fraction of sp³-hybridized carbons (Fsp3) is 1.00. The number of hydrogen-bond donors (Lipinski definition) is 1. The first kappa shape index (κ1) is 18.0. The summed E-state index contributed by atoms with van der Waals surface area (Å²) in [6, 6.07) is 0.828. The summed E-state index contributed by atoms with van der Waals surface area (Å²) in [7, 11) is 0. The van der Waals surface area contributed by atoms with E-state index >= 15 is 0 Å². The molecule has 1 heterocycles. The van der Waals surface area contributed by atoms with Crippen molar-refractivity contribution in [3.8, 4) is 0 Å². The monoisotopic (exact) mass is 282 g/mol. The fourth-order valence-corrected chi connectivity index (χ4v) is 3.53. The molecule has 1 N–H and O–H groups in total. The van der Waals surface area contributed by atoms with Crippen LogP contribution in [0.3, 0.4) is 0 Å². The highest BCUT2D eigenvalue weighted by atomic mass is 15.2. The second kappa shape index (κ2) is 7.79. The zero-order chi connectivity index (χ0) is 15.2. The Morgan fingerprint density at radius 3 is 2.35 bits per heavy atom. The molecule has 1 saturated heterocycles. The van der Waals surface area contributed by atoms with Gasteiger partial charge in [0.25, 0.3) is 0 Å². The largest absolute Gasteiger partial charge is 0.311 e. The molecular formula is C18H38N2. The Bertz CT molecular complexity index is 269. The molecule has 20 heavy (non-hydrogen) atoms. The van der Waals surface area contributed by atoms with E-state index in [2.05, 4.69) is 51.8 Å². The molecule has 1 aliphatic rings. The van der Waals surface area contributed by atoms with Gasteiger partial charge in [-0.3, -0.25) is 4.90 Å². The summed E-state index contributed by atoms with van der Waals surface area (Å²) >= 11 is 0. The Morgan fingerprint density at radius 1 is 1.10 bits per heavy atom. The molecule has 1 rings (SSSR count). The van der Waals surface area contributed by atoms with Gasteiger partial charge in [-0.2, -0.15) is 0 Å². The van der Waals surface area contributed by atoms with Crippen LogP contribution >= 0.6 is 0 Å². The molecule has 0 saturated carbocycles. The zero-order valence-corrected chi connectivity index (χ0v) is 14.9. The van der Waals surface area contributed by atoms with Crippen molar-refractivity contribution in [1.82, 2.24) is 10.2 Å². The van der Waals surface area contributed by atoms with Gasteiger partial charge in [0.2, 0.25) is 0 Å². The van der Waals surface area contributed by atoms with E-state index in [0.717, 1.165) is 12.6 Å². The van der Waals surface area contributed by atoms with E-state index in [1.165, 1.54) is 51.6 Å². The van der Waals surface area contributed by atoms with Gasteiger partial charge in [0.15, 0.2) is 0 Å². The van der Waals surface area contributed by atoms with Gasteiger partial charge in [0.05, 0.1) is 0 Å². The van der Waals surface area contributed by atoms with Crippen molar-refractivity contribution in [2.75, 3.05) is 19.6 Å². The van der Waals surface area contributed by atoms with Crippen LogP contribution in [-0.4, -0.2) is 36.1 Å². The second-order valence-electron chi connectivity index (χ2n) is 8.19. The average Bonchev–Trinajstić information content (AvgIpc) is 2.37. The third-order valence-corrected chi connectivity index (χ3v) is 4.70. The first-order valence-corrected chi connectivity index (χ1v) is 8.79. The quantitative estimate of drug-likeness (QED) is 0.742. The van der Waals surface area contributed by atoms with E-state index in [0.29, 0.717) is 5.41 Å². The molecule has 1 aliphatic heterocycles. The predicted octanol–water partition coefficient (Wildman–Crippen LogP) is 4.45. The summed E-state index contributed by atoms with van der Waals surface area (Å²) in [5, 5.41) is 3.74. The lowest BCUT2D eigenvalue weighted by molar-refractivity contribution is 0.0763. The minimum absolute atomic E-state index is 0.223. The number of hydrogen-bond acceptors (Lipinski definition) is 2. The number of likely N-dealkylation sites (tertiary alicyclic amines) is 1. The lowest BCUT2D eigenvalue weighted by Gasteiger charge is -2.43. The number of nitrogens with zero attached hydrogens (tertiary/aromatic N) is 1. The maximum atomic E-state index is 3.74. The standard InChI is InChI=1S/C18H38N2/c1-7-12-18(6,14-19-17(3,4)5)15-20-13-10-9-11-16(20)8-2/h16,19H,7-15H2,1-6H3. The van der Waals surface area contributed by atoms with Crippen LogP contribution in [0.25, 0.3) is 0 Å². The van der Waals surface area contributed by atoms with E-state index in [4.69, 9.17) is 0 Å². The van der Waals surface area contributed by atoms with Gasteiger partial charge in [-0.25, -0.2) is 0 Å². The highest BCUT2D eigenvalue weighted by molar-refractivity contribution is 4.87. The Kier molecular flexibility index (Phi) is 7.00. The molecule has 2 unspecified atom stereocenters. The van der Waals surface area contributed by atoms with Crippen molar-refractivity contribution in [3.05, 3.63) is 0 Å². The molecule has 2 atom stereocenters. The van der Waals surface area contributed by atoms with Crippen LogP contribution < -0.4 is 5.32 Å². The molecule has 2 nitrogen and oxygen atoms in total. The Hall–Kier alpha value is -0.0800. The summed E-state index contributed by atoms with van der Waals surface area (Å²) < 4.78 is 0. The van der Waals surface area contributed by atoms with Crippen LogP contribution in [0, 0.1) is 5.41 Å². The van der Waals surface area contributed by atoms with Crippen LogP contribution in [0.1, 0.15) is 80.1 Å². The Morgan fingerprint density at radius 2 is 1.80 bits per heavy atom. The van der Waals surface area contributed by atoms with E-state index in [9.17, 15) is 0 Å². The van der Waals surface area contributed by atoms with Crippen LogP contribution in [0.2, 0.25) is 0 Å². The maximum Gasteiger partial charge on any atom is 0.00967 e. The van der Waals surface area contributed by atoms with Crippen molar-refractivity contribution in [3.63, 3.8) is 0 Å². The van der Waals surface area contributed by atoms with Crippen LogP contribution in [-0.2, 0) is 0 Å². The summed E-state index contributed by atoms with van der Waals surface area (Å²) in [4.78, 5) is 2.78. The SMILES string of the molecule is CCCC(C)(CNC(C)(C)C)CN1CCCCC1CC. The first-order valence-electron chi connectivity index (χ1n) is 8.79. The maximum absolute atomic E-state index is 3.74. The Balaban J connectivity index is 2.63. The summed E-state index contributed by atoms with van der Waals surface area (Å²) in [6.45, 7) is 17.7. The summed E-state index contributed by atoms with van der Waals surface area (Å²) in [6.07, 6.45) is 8.15. The zero-order valence-electron chi connectivity index (χ0n) is 14.9. The van der Waals surface area contributed by atoms with E-state index in [1.807, 2.05) is 0 Å². The Labute approximate surface area is 127 Å². The van der Waals surface area contributed by atoms with Crippen molar-refractivity contribution in [2.45, 2.75) is 91.6 Å². The molecule has 0 aromatic rings. The lowest BCUT2D eigenvalue weighted by Crippen LogP contribution is -2.50. The van der Waals surface area contributed by atoms with Gasteiger partial charge in [-0.1, -0.05) is 33.6 Å². The van der Waals surface area contributed by atoms with Crippen LogP contribution in [0.4, 0.5) is 0 Å². The molecule has 1 fully saturated rings. The minimum atomic E-state index is 0.223.